The number of rotatable bonds is 0. The molecule has 0 aromatic carbocycles. The maximum absolute atomic E-state index is 9.54. The Morgan fingerprint density at radius 2 is 1.54 bits per heavy atom. The van der Waals surface area contributed by atoms with E-state index in [0.717, 1.165) is 41.4 Å². The van der Waals surface area contributed by atoms with E-state index in [9.17, 15) is 10.2 Å². The van der Waals surface area contributed by atoms with Crippen molar-refractivity contribution in [3.8, 4) is 18.0 Å². The molecule has 1 aromatic rings. The van der Waals surface area contributed by atoms with Gasteiger partial charge < -0.3 is 10.2 Å². The highest BCUT2D eigenvalue weighted by molar-refractivity contribution is 5.48. The molecule has 0 bridgehead atoms. The fourth-order valence-corrected chi connectivity index (χ4v) is 1.86. The molecule has 0 saturated carbocycles. The minimum atomic E-state index is -0.0882. The van der Waals surface area contributed by atoms with Crippen LogP contribution in [-0.4, -0.2) is 14.8 Å². The largest absolute Gasteiger partial charge is 0.493 e. The third-order valence-corrected chi connectivity index (χ3v) is 2.53. The normalized spacial score (nSPS) is 15.0. The molecule has 4 nitrogen and oxygen atoms in total. The van der Waals surface area contributed by atoms with Crippen LogP contribution in [0, 0.1) is 11.5 Å². The van der Waals surface area contributed by atoms with E-state index in [2.05, 4.69) is 0 Å². The van der Waals surface area contributed by atoms with E-state index in [1.54, 1.807) is 6.19 Å². The molecule has 2 N–H and O–H groups in total. The summed E-state index contributed by atoms with van der Waals surface area (Å²) in [6.45, 7) is 0. The number of hydrogen-bond acceptors (Lipinski definition) is 3. The zero-order chi connectivity index (χ0) is 9.42. The van der Waals surface area contributed by atoms with Crippen molar-refractivity contribution in [2.24, 2.45) is 0 Å². The van der Waals surface area contributed by atoms with Crippen LogP contribution in [0.25, 0.3) is 0 Å². The fraction of sp³-hybridized carbons (Fsp3) is 0.444. The zero-order valence-electron chi connectivity index (χ0n) is 7.12. The second kappa shape index (κ2) is 2.70. The predicted octanol–water partition coefficient (Wildman–Crippen LogP) is 1.11. The molecule has 0 aliphatic heterocycles. The second-order valence-electron chi connectivity index (χ2n) is 3.25. The molecular weight excluding hydrogens is 168 g/mol. The zero-order valence-corrected chi connectivity index (χ0v) is 7.12. The summed E-state index contributed by atoms with van der Waals surface area (Å²) < 4.78 is 0.885. The van der Waals surface area contributed by atoms with Gasteiger partial charge in [-0.2, -0.15) is 9.83 Å². The van der Waals surface area contributed by atoms with Gasteiger partial charge in [0.1, 0.15) is 0 Å². The summed E-state index contributed by atoms with van der Waals surface area (Å²) in [5.74, 6) is -0.176. The average molecular weight is 178 g/mol. The van der Waals surface area contributed by atoms with E-state index in [1.165, 1.54) is 0 Å². The highest BCUT2D eigenvalue weighted by Gasteiger charge is 2.24. The first-order chi connectivity index (χ1) is 6.25. The van der Waals surface area contributed by atoms with E-state index in [-0.39, 0.29) is 11.8 Å². The standard InChI is InChI=1S/C9H10N2O2/c10-5-11-8(12)6-3-1-2-4-7(6)9(11)13/h12-13H,1-4H2. The molecule has 1 aliphatic carbocycles. The molecule has 1 heterocycles. The number of fused-ring (bicyclic) bond motifs is 1. The van der Waals surface area contributed by atoms with Crippen LogP contribution < -0.4 is 0 Å². The van der Waals surface area contributed by atoms with Gasteiger partial charge in [-0.05, 0) is 25.7 Å². The van der Waals surface area contributed by atoms with Crippen LogP contribution in [0.5, 0.6) is 11.8 Å². The second-order valence-corrected chi connectivity index (χ2v) is 3.25. The smallest absolute Gasteiger partial charge is 0.211 e. The molecule has 0 radical (unpaired) electrons. The van der Waals surface area contributed by atoms with Crippen molar-refractivity contribution in [1.82, 2.24) is 4.57 Å². The quantitative estimate of drug-likeness (QED) is 0.625. The summed E-state index contributed by atoms with van der Waals surface area (Å²) in [5, 5.41) is 27.7. The molecule has 0 unspecified atom stereocenters. The van der Waals surface area contributed by atoms with Gasteiger partial charge >= 0.3 is 0 Å². The van der Waals surface area contributed by atoms with Gasteiger partial charge in [-0.1, -0.05) is 0 Å². The number of nitrogens with zero attached hydrogens (tertiary/aromatic N) is 2. The third kappa shape index (κ3) is 0.970. The molecule has 0 amide bonds. The Balaban J connectivity index is 2.65. The molecule has 4 heteroatoms. The van der Waals surface area contributed by atoms with Gasteiger partial charge in [-0.25, -0.2) is 0 Å². The van der Waals surface area contributed by atoms with Crippen LogP contribution >= 0.6 is 0 Å². The van der Waals surface area contributed by atoms with Crippen LogP contribution in [0.15, 0.2) is 0 Å². The summed E-state index contributed by atoms with van der Waals surface area (Å²) in [6, 6.07) is 0. The molecular formula is C9H10N2O2. The van der Waals surface area contributed by atoms with Crippen molar-refractivity contribution in [3.63, 3.8) is 0 Å². The van der Waals surface area contributed by atoms with Crippen LogP contribution in [0.1, 0.15) is 24.0 Å². The molecule has 13 heavy (non-hydrogen) atoms. The summed E-state index contributed by atoms with van der Waals surface area (Å²) in [5.41, 5.74) is 1.48. The van der Waals surface area contributed by atoms with E-state index in [0.29, 0.717) is 0 Å². The molecule has 0 fully saturated rings. The Labute approximate surface area is 75.7 Å². The Morgan fingerprint density at radius 3 is 1.92 bits per heavy atom. The van der Waals surface area contributed by atoms with Gasteiger partial charge in [0.05, 0.1) is 0 Å². The number of nitriles is 1. The summed E-state index contributed by atoms with van der Waals surface area (Å²) in [7, 11) is 0. The number of aromatic nitrogens is 1. The Bertz CT molecular complexity index is 358. The van der Waals surface area contributed by atoms with Gasteiger partial charge in [0.2, 0.25) is 11.8 Å². The first-order valence-electron chi connectivity index (χ1n) is 4.30. The Morgan fingerprint density at radius 1 is 1.08 bits per heavy atom. The summed E-state index contributed by atoms with van der Waals surface area (Å²) in [4.78, 5) is 0. The highest BCUT2D eigenvalue weighted by atomic mass is 16.3. The third-order valence-electron chi connectivity index (χ3n) is 2.53. The van der Waals surface area contributed by atoms with Crippen molar-refractivity contribution in [3.05, 3.63) is 11.1 Å². The lowest BCUT2D eigenvalue weighted by Crippen LogP contribution is -1.98. The molecule has 0 saturated heterocycles. The highest BCUT2D eigenvalue weighted by Crippen LogP contribution is 2.37. The summed E-state index contributed by atoms with van der Waals surface area (Å²) in [6.07, 6.45) is 5.26. The molecule has 0 spiro atoms. The van der Waals surface area contributed by atoms with E-state index in [4.69, 9.17) is 5.26 Å². The Kier molecular flexibility index (Phi) is 1.66. The van der Waals surface area contributed by atoms with Gasteiger partial charge in [0, 0.05) is 11.1 Å². The van der Waals surface area contributed by atoms with E-state index in [1.807, 2.05) is 0 Å². The monoisotopic (exact) mass is 178 g/mol. The van der Waals surface area contributed by atoms with Gasteiger partial charge in [0.25, 0.3) is 0 Å². The molecule has 1 aliphatic rings. The van der Waals surface area contributed by atoms with Crippen molar-refractivity contribution >= 4 is 0 Å². The molecule has 68 valence electrons. The lowest BCUT2D eigenvalue weighted by molar-refractivity contribution is 0.401. The van der Waals surface area contributed by atoms with Gasteiger partial charge in [-0.15, -0.1) is 0 Å². The minimum Gasteiger partial charge on any atom is -0.493 e. The minimum absolute atomic E-state index is 0.0882. The average Bonchev–Trinajstić information content (AvgIpc) is 2.41. The van der Waals surface area contributed by atoms with Crippen molar-refractivity contribution in [1.29, 1.82) is 5.26 Å². The fourth-order valence-electron chi connectivity index (χ4n) is 1.86. The van der Waals surface area contributed by atoms with Crippen molar-refractivity contribution < 1.29 is 10.2 Å². The topological polar surface area (TPSA) is 69.2 Å². The van der Waals surface area contributed by atoms with Crippen LogP contribution in [0.4, 0.5) is 0 Å². The predicted molar refractivity (Wildman–Crippen MR) is 45.4 cm³/mol. The maximum atomic E-state index is 9.54. The van der Waals surface area contributed by atoms with E-state index >= 15 is 0 Å². The molecule has 1 aromatic heterocycles. The summed E-state index contributed by atoms with van der Waals surface area (Å²) >= 11 is 0. The lowest BCUT2D eigenvalue weighted by Gasteiger charge is -2.09. The van der Waals surface area contributed by atoms with Crippen LogP contribution in [0.3, 0.4) is 0 Å². The number of aromatic hydroxyl groups is 2. The van der Waals surface area contributed by atoms with Crippen molar-refractivity contribution in [2.75, 3.05) is 0 Å². The first kappa shape index (κ1) is 7.99. The molecule has 0 atom stereocenters. The Hall–Kier alpha value is -1.63. The van der Waals surface area contributed by atoms with Gasteiger partial charge in [-0.3, -0.25) is 0 Å². The SMILES string of the molecule is N#Cn1c(O)c2c(c1O)CCCC2. The van der Waals surface area contributed by atoms with Crippen molar-refractivity contribution in [2.45, 2.75) is 25.7 Å². The number of hydrogen-bond donors (Lipinski definition) is 2. The van der Waals surface area contributed by atoms with Crippen LogP contribution in [-0.2, 0) is 12.8 Å². The van der Waals surface area contributed by atoms with Gasteiger partial charge in [0.15, 0.2) is 6.19 Å². The molecule has 2 rings (SSSR count). The maximum Gasteiger partial charge on any atom is 0.211 e. The van der Waals surface area contributed by atoms with Crippen LogP contribution in [0.2, 0.25) is 0 Å². The van der Waals surface area contributed by atoms with E-state index < -0.39 is 0 Å². The first-order valence-corrected chi connectivity index (χ1v) is 4.30. The lowest BCUT2D eigenvalue weighted by atomic mass is 9.95.